The number of nitrogens with zero attached hydrogens (tertiary/aromatic N) is 4. The highest BCUT2D eigenvalue weighted by molar-refractivity contribution is 8.00. The molecule has 5 saturated heterocycles. The molecule has 5 heterocycles. The van der Waals surface area contributed by atoms with Crippen molar-refractivity contribution in [3.8, 4) is 0 Å². The van der Waals surface area contributed by atoms with Crippen LogP contribution in [0.4, 0.5) is 0 Å². The van der Waals surface area contributed by atoms with Crippen molar-refractivity contribution in [2.75, 3.05) is 58.3 Å². The fourth-order valence-corrected chi connectivity index (χ4v) is 16.4. The van der Waals surface area contributed by atoms with Gasteiger partial charge in [-0.15, -0.1) is 23.5 Å². The van der Waals surface area contributed by atoms with Crippen LogP contribution in [0, 0.1) is 22.7 Å². The molecule has 17 nitrogen and oxygen atoms in total. The zero-order chi connectivity index (χ0) is 53.5. The zero-order valence-corrected chi connectivity index (χ0v) is 46.7. The molecule has 7 aliphatic rings. The van der Waals surface area contributed by atoms with E-state index < -0.39 is 53.5 Å². The van der Waals surface area contributed by atoms with Crippen LogP contribution in [0.15, 0.2) is 48.5 Å². The molecule has 75 heavy (non-hydrogen) atoms. The molecule has 5 fully saturated rings. The number of hydrogen-bond acceptors (Lipinski definition) is 12. The molecule has 12 atom stereocenters. The van der Waals surface area contributed by atoms with Crippen molar-refractivity contribution in [2.45, 2.75) is 152 Å². The molecular weight excluding hydrogens is 989 g/mol. The Bertz CT molecular complexity index is 2500. The molecule has 0 bridgehead atoms. The van der Waals surface area contributed by atoms with Gasteiger partial charge in [0.05, 0.1) is 52.8 Å². The van der Waals surface area contributed by atoms with E-state index in [4.69, 9.17) is 0 Å². The maximum absolute atomic E-state index is 15.0. The molecule has 6 N–H and O–H groups in total. The quantitative estimate of drug-likeness (QED) is 0.181. The molecule has 19 heteroatoms. The van der Waals surface area contributed by atoms with Crippen molar-refractivity contribution in [3.05, 3.63) is 70.8 Å². The van der Waals surface area contributed by atoms with Crippen LogP contribution in [0.25, 0.3) is 0 Å². The maximum atomic E-state index is 15.0. The van der Waals surface area contributed by atoms with E-state index in [2.05, 4.69) is 56.7 Å². The highest BCUT2D eigenvalue weighted by atomic mass is 32.2. The number of thioether (sulfide) groups is 2. The van der Waals surface area contributed by atoms with Crippen LogP contribution in [0.3, 0.4) is 0 Å². The molecule has 5 aliphatic heterocycles. The molecule has 2 aromatic carbocycles. The van der Waals surface area contributed by atoms with Gasteiger partial charge in [-0.25, -0.2) is 0 Å². The van der Waals surface area contributed by atoms with E-state index in [0.29, 0.717) is 77.0 Å². The van der Waals surface area contributed by atoms with Crippen LogP contribution in [0.5, 0.6) is 0 Å². The normalized spacial score (nSPS) is 31.0. The van der Waals surface area contributed by atoms with Gasteiger partial charge in [-0.1, -0.05) is 76.2 Å². The first kappa shape index (κ1) is 55.1. The third-order valence-corrected chi connectivity index (χ3v) is 20.2. The van der Waals surface area contributed by atoms with E-state index in [1.807, 2.05) is 84.8 Å². The van der Waals surface area contributed by atoms with Crippen LogP contribution in [0.1, 0.15) is 114 Å². The van der Waals surface area contributed by atoms with Crippen molar-refractivity contribution in [3.63, 3.8) is 0 Å². The molecule has 408 valence electrons. The van der Waals surface area contributed by atoms with Crippen molar-refractivity contribution in [1.29, 1.82) is 0 Å². The number of benzene rings is 2. The van der Waals surface area contributed by atoms with Gasteiger partial charge in [0.1, 0.15) is 12.1 Å². The molecule has 2 aromatic rings. The highest BCUT2D eigenvalue weighted by Gasteiger charge is 2.56. The van der Waals surface area contributed by atoms with Crippen LogP contribution in [-0.4, -0.2) is 166 Å². The van der Waals surface area contributed by atoms with Gasteiger partial charge in [0.2, 0.25) is 41.4 Å². The van der Waals surface area contributed by atoms with Gasteiger partial charge in [-0.2, -0.15) is 0 Å². The molecule has 7 amide bonds. The van der Waals surface area contributed by atoms with E-state index in [-0.39, 0.29) is 69.6 Å². The van der Waals surface area contributed by atoms with Gasteiger partial charge < -0.3 is 46.6 Å². The van der Waals surface area contributed by atoms with Crippen molar-refractivity contribution in [1.82, 2.24) is 51.5 Å². The first-order chi connectivity index (χ1) is 35.8. The number of hydrogen-bond donors (Lipinski definition) is 6. The molecule has 0 unspecified atom stereocenters. The van der Waals surface area contributed by atoms with Crippen molar-refractivity contribution >= 4 is 64.9 Å². The minimum atomic E-state index is -0.824. The monoisotopic (exact) mass is 1070 g/mol. The number of likely N-dealkylation sites (N-methyl/N-ethyl adjacent to an activating group) is 2. The second-order valence-corrected chi connectivity index (χ2v) is 26.0. The summed E-state index contributed by atoms with van der Waals surface area (Å²) in [6.45, 7) is 13.8. The summed E-state index contributed by atoms with van der Waals surface area (Å²) in [5.41, 5.74) is 3.09. The predicted octanol–water partition coefficient (Wildman–Crippen LogP) is 3.34. The van der Waals surface area contributed by atoms with E-state index in [1.54, 1.807) is 37.7 Å². The number of amides is 7. The van der Waals surface area contributed by atoms with E-state index >= 15 is 0 Å². The summed E-state index contributed by atoms with van der Waals surface area (Å²) in [7, 11) is 3.47. The maximum Gasteiger partial charge on any atom is 0.246 e. The molecule has 9 rings (SSSR count). The van der Waals surface area contributed by atoms with Gasteiger partial charge in [-0.05, 0) is 124 Å². The first-order valence-corrected chi connectivity index (χ1v) is 29.5. The molecule has 0 spiro atoms. The van der Waals surface area contributed by atoms with Gasteiger partial charge in [0.25, 0.3) is 0 Å². The largest absolute Gasteiger partial charge is 0.351 e. The number of fused-ring (bicyclic) bond motifs is 4. The fraction of sp³-hybridized carbons (Fsp3) is 0.661. The average molecular weight is 1070 g/mol. The van der Waals surface area contributed by atoms with Crippen LogP contribution >= 0.6 is 23.5 Å². The third-order valence-electron chi connectivity index (χ3n) is 17.6. The summed E-state index contributed by atoms with van der Waals surface area (Å²) >= 11 is 3.49. The summed E-state index contributed by atoms with van der Waals surface area (Å²) in [6.07, 6.45) is 5.18. The second kappa shape index (κ2) is 22.7. The van der Waals surface area contributed by atoms with Gasteiger partial charge in [-0.3, -0.25) is 38.5 Å². The number of nitrogens with one attached hydrogen (secondary N) is 6. The van der Waals surface area contributed by atoms with Crippen molar-refractivity contribution < 1.29 is 33.6 Å². The number of rotatable bonds is 12. The number of carbonyl (C=O) groups is 7. The Morgan fingerprint density at radius 2 is 1.07 bits per heavy atom. The Labute approximate surface area is 451 Å². The van der Waals surface area contributed by atoms with Gasteiger partial charge in [0.15, 0.2) is 0 Å². The fourth-order valence-electron chi connectivity index (χ4n) is 13.2. The lowest BCUT2D eigenvalue weighted by molar-refractivity contribution is -0.147. The smallest absolute Gasteiger partial charge is 0.246 e. The van der Waals surface area contributed by atoms with E-state index in [1.165, 1.54) is 0 Å². The topological polar surface area (TPSA) is 205 Å². The second-order valence-electron chi connectivity index (χ2n) is 23.5. The third kappa shape index (κ3) is 11.2. The lowest BCUT2D eigenvalue weighted by atomic mass is 9.77. The first-order valence-electron chi connectivity index (χ1n) is 27.4. The van der Waals surface area contributed by atoms with Gasteiger partial charge in [0, 0.05) is 38.8 Å². The molecule has 0 aromatic heterocycles. The SMILES string of the molecule is CN[C@@H](C)C(=O)N[C@H]1CCS[C@H]2CC(C)(C)[C@@H](C(=O)N[C@@H]3c4ccccc4CC[C@H]3C(=O)N3CCN(C(=O)[C@@H]4CCc5ccccc5[C@@H]4NC(=O)[C@H]4N5C(=O)[C@@H](NC(=O)[C@H](C)NC)CCS[C@H]5CC4(C)C)CC3)N2C1. The van der Waals surface area contributed by atoms with E-state index in [9.17, 15) is 33.6 Å². The molecular formula is C56H80N10O7S2. The summed E-state index contributed by atoms with van der Waals surface area (Å²) in [6, 6.07) is 11.9. The summed E-state index contributed by atoms with van der Waals surface area (Å²) in [5, 5.41) is 18.9. The van der Waals surface area contributed by atoms with Gasteiger partial charge >= 0.3 is 0 Å². The molecule has 2 aliphatic carbocycles. The molecule has 0 saturated carbocycles. The van der Waals surface area contributed by atoms with E-state index in [0.717, 1.165) is 40.8 Å². The van der Waals surface area contributed by atoms with Crippen LogP contribution in [0.2, 0.25) is 0 Å². The zero-order valence-electron chi connectivity index (χ0n) is 45.1. The Balaban J connectivity index is 0.890. The highest BCUT2D eigenvalue weighted by Crippen LogP contribution is 2.49. The Morgan fingerprint density at radius 1 is 0.600 bits per heavy atom. The minimum Gasteiger partial charge on any atom is -0.351 e. The minimum absolute atomic E-state index is 0.0361. The average Bonchev–Trinajstić information content (AvgIpc) is 3.66. The lowest BCUT2D eigenvalue weighted by Crippen LogP contribution is -2.59. The Morgan fingerprint density at radius 3 is 1.61 bits per heavy atom. The summed E-state index contributed by atoms with van der Waals surface area (Å²) in [4.78, 5) is 108. The number of piperazine rings is 1. The standard InChI is InChI=1S/C56H80N10O7S2/c1-32(57-7)48(67)59-36-21-27-74-42-29-55(3,4)46(65(42)31-36)50(69)61-44-37-15-11-9-13-34(37)17-19-39(44)52(71)63-23-25-64(26-24-63)53(72)40-20-18-35-14-10-12-16-38(35)45(40)62-51(70)47-56(5,6)30-43-66(47)54(73)41(22-28-75-43)60-49(68)33(2)58-8/h9-16,32-33,36,39-47,57-58H,17-31H2,1-8H3,(H,59,67)(H,60,68)(H,61,69)(H,62,70)/t32-,33-,36-,39+,40+,41-,42-,43-,44+,45-,46+,47+/m0/s1. The summed E-state index contributed by atoms with van der Waals surface area (Å²) in [5.74, 6) is -0.669. The molecule has 0 radical (unpaired) electrons. The lowest BCUT2D eigenvalue weighted by Gasteiger charge is -2.43. The van der Waals surface area contributed by atoms with Crippen LogP contribution < -0.4 is 31.9 Å². The number of carbonyl (C=O) groups excluding carboxylic acids is 7. The van der Waals surface area contributed by atoms with Crippen LogP contribution in [-0.2, 0) is 46.4 Å². The predicted molar refractivity (Wildman–Crippen MR) is 292 cm³/mol. The Kier molecular flexibility index (Phi) is 16.7. The Hall–Kier alpha value is -4.69. The number of aryl methyl sites for hydroxylation is 2. The summed E-state index contributed by atoms with van der Waals surface area (Å²) < 4.78 is 0. The van der Waals surface area contributed by atoms with Crippen molar-refractivity contribution in [2.24, 2.45) is 22.7 Å².